The Morgan fingerprint density at radius 1 is 1.28 bits per heavy atom. The SMILES string of the molecule is COCCC(=O)N1CCC(c2n[nH]c(=O)n2Cc2ccccc2)CC1. The van der Waals surface area contributed by atoms with Gasteiger partial charge in [0.1, 0.15) is 5.82 Å². The van der Waals surface area contributed by atoms with Gasteiger partial charge in [0.15, 0.2) is 0 Å². The van der Waals surface area contributed by atoms with Crippen LogP contribution in [0.15, 0.2) is 35.1 Å². The van der Waals surface area contributed by atoms with Crippen LogP contribution in [0, 0.1) is 0 Å². The van der Waals surface area contributed by atoms with Crippen LogP contribution in [0.3, 0.4) is 0 Å². The number of methoxy groups -OCH3 is 1. The molecular weight excluding hydrogens is 320 g/mol. The van der Waals surface area contributed by atoms with Crippen molar-refractivity contribution in [3.8, 4) is 0 Å². The molecule has 0 atom stereocenters. The number of hydrogen-bond donors (Lipinski definition) is 1. The van der Waals surface area contributed by atoms with Gasteiger partial charge in [-0.2, -0.15) is 5.10 Å². The van der Waals surface area contributed by atoms with E-state index in [0.717, 1.165) is 24.2 Å². The molecule has 1 N–H and O–H groups in total. The van der Waals surface area contributed by atoms with Crippen molar-refractivity contribution in [1.82, 2.24) is 19.7 Å². The van der Waals surface area contributed by atoms with Gasteiger partial charge >= 0.3 is 5.69 Å². The number of benzene rings is 1. The van der Waals surface area contributed by atoms with Crippen molar-refractivity contribution in [2.75, 3.05) is 26.8 Å². The lowest BCUT2D eigenvalue weighted by molar-refractivity contribution is -0.133. The van der Waals surface area contributed by atoms with Crippen LogP contribution >= 0.6 is 0 Å². The van der Waals surface area contributed by atoms with E-state index < -0.39 is 0 Å². The van der Waals surface area contributed by atoms with Gasteiger partial charge in [0.05, 0.1) is 19.6 Å². The van der Waals surface area contributed by atoms with Crippen molar-refractivity contribution in [3.05, 3.63) is 52.2 Å². The second-order valence-corrected chi connectivity index (χ2v) is 6.36. The average Bonchev–Trinajstić information content (AvgIpc) is 3.01. The van der Waals surface area contributed by atoms with E-state index in [4.69, 9.17) is 4.74 Å². The normalized spacial score (nSPS) is 15.5. The molecule has 134 valence electrons. The predicted octanol–water partition coefficient (Wildman–Crippen LogP) is 1.36. The molecule has 2 aromatic rings. The standard InChI is InChI=1S/C18H24N4O3/c1-25-12-9-16(23)21-10-7-15(8-11-21)17-19-20-18(24)22(17)13-14-5-3-2-4-6-14/h2-6,15H,7-13H2,1H3,(H,20,24). The Balaban J connectivity index is 1.66. The predicted molar refractivity (Wildman–Crippen MR) is 93.4 cm³/mol. The van der Waals surface area contributed by atoms with E-state index in [-0.39, 0.29) is 17.5 Å². The molecule has 3 rings (SSSR count). The van der Waals surface area contributed by atoms with Gasteiger partial charge in [-0.25, -0.2) is 9.89 Å². The highest BCUT2D eigenvalue weighted by Crippen LogP contribution is 2.26. The number of aromatic nitrogens is 3. The Kier molecular flexibility index (Phi) is 5.65. The molecule has 1 aromatic heterocycles. The molecule has 1 aliphatic rings. The van der Waals surface area contributed by atoms with Crippen LogP contribution in [-0.4, -0.2) is 52.4 Å². The summed E-state index contributed by atoms with van der Waals surface area (Å²) < 4.78 is 6.68. The van der Waals surface area contributed by atoms with E-state index in [1.807, 2.05) is 35.2 Å². The van der Waals surface area contributed by atoms with Gasteiger partial charge in [0.2, 0.25) is 5.91 Å². The molecule has 0 aliphatic carbocycles. The highest BCUT2D eigenvalue weighted by Gasteiger charge is 2.27. The summed E-state index contributed by atoms with van der Waals surface area (Å²) >= 11 is 0. The maximum atomic E-state index is 12.1. The zero-order chi connectivity index (χ0) is 17.6. The average molecular weight is 344 g/mol. The van der Waals surface area contributed by atoms with Gasteiger partial charge in [0.25, 0.3) is 0 Å². The van der Waals surface area contributed by atoms with Crippen molar-refractivity contribution >= 4 is 5.91 Å². The van der Waals surface area contributed by atoms with Crippen LogP contribution in [-0.2, 0) is 16.1 Å². The number of likely N-dealkylation sites (tertiary alicyclic amines) is 1. The van der Waals surface area contributed by atoms with Crippen molar-refractivity contribution in [2.45, 2.75) is 31.7 Å². The summed E-state index contributed by atoms with van der Waals surface area (Å²) in [4.78, 5) is 26.1. The summed E-state index contributed by atoms with van der Waals surface area (Å²) in [5.74, 6) is 1.11. The van der Waals surface area contributed by atoms with Crippen molar-refractivity contribution in [1.29, 1.82) is 0 Å². The van der Waals surface area contributed by atoms with Crippen LogP contribution in [0.1, 0.15) is 36.6 Å². The van der Waals surface area contributed by atoms with Crippen molar-refractivity contribution in [2.24, 2.45) is 0 Å². The van der Waals surface area contributed by atoms with Gasteiger partial charge in [-0.05, 0) is 18.4 Å². The largest absolute Gasteiger partial charge is 0.384 e. The monoisotopic (exact) mass is 344 g/mol. The Morgan fingerprint density at radius 3 is 2.68 bits per heavy atom. The Labute approximate surface area is 146 Å². The molecule has 0 spiro atoms. The van der Waals surface area contributed by atoms with Crippen LogP contribution < -0.4 is 5.69 Å². The molecule has 1 aromatic carbocycles. The number of hydrogen-bond acceptors (Lipinski definition) is 4. The lowest BCUT2D eigenvalue weighted by Gasteiger charge is -2.31. The summed E-state index contributed by atoms with van der Waals surface area (Å²) in [6.45, 7) is 2.35. The third-order valence-electron chi connectivity index (χ3n) is 4.70. The molecule has 7 heteroatoms. The van der Waals surface area contributed by atoms with Gasteiger partial charge in [-0.1, -0.05) is 30.3 Å². The smallest absolute Gasteiger partial charge is 0.343 e. The van der Waals surface area contributed by atoms with Gasteiger partial charge in [-0.15, -0.1) is 0 Å². The number of ether oxygens (including phenoxy) is 1. The van der Waals surface area contributed by atoms with Gasteiger partial charge in [0, 0.05) is 26.1 Å². The fraction of sp³-hybridized carbons (Fsp3) is 0.500. The second-order valence-electron chi connectivity index (χ2n) is 6.36. The molecule has 2 heterocycles. The molecule has 1 amide bonds. The number of piperidine rings is 1. The summed E-state index contributed by atoms with van der Waals surface area (Å²) in [6.07, 6.45) is 2.05. The van der Waals surface area contributed by atoms with E-state index in [1.54, 1.807) is 11.7 Å². The quantitative estimate of drug-likeness (QED) is 0.858. The highest BCUT2D eigenvalue weighted by atomic mass is 16.5. The molecule has 25 heavy (non-hydrogen) atoms. The molecule has 0 radical (unpaired) electrons. The Hall–Kier alpha value is -2.41. The number of aromatic amines is 1. The zero-order valence-corrected chi connectivity index (χ0v) is 14.5. The van der Waals surface area contributed by atoms with Crippen LogP contribution in [0.2, 0.25) is 0 Å². The number of carbonyl (C=O) groups excluding carboxylic acids is 1. The fourth-order valence-corrected chi connectivity index (χ4v) is 3.29. The molecular formula is C18H24N4O3. The molecule has 7 nitrogen and oxygen atoms in total. The van der Waals surface area contributed by atoms with Crippen molar-refractivity contribution in [3.63, 3.8) is 0 Å². The van der Waals surface area contributed by atoms with Gasteiger partial charge in [-0.3, -0.25) is 9.36 Å². The van der Waals surface area contributed by atoms with Crippen LogP contribution in [0.5, 0.6) is 0 Å². The van der Waals surface area contributed by atoms with Gasteiger partial charge < -0.3 is 9.64 Å². The number of carbonyl (C=O) groups is 1. The van der Waals surface area contributed by atoms with Crippen molar-refractivity contribution < 1.29 is 9.53 Å². The maximum absolute atomic E-state index is 12.1. The first kappa shape index (κ1) is 17.4. The van der Waals surface area contributed by atoms with E-state index in [2.05, 4.69) is 10.2 Å². The Morgan fingerprint density at radius 2 is 2.00 bits per heavy atom. The molecule has 1 aliphatic heterocycles. The number of amides is 1. The first-order valence-electron chi connectivity index (χ1n) is 8.64. The summed E-state index contributed by atoms with van der Waals surface area (Å²) in [6, 6.07) is 9.88. The fourth-order valence-electron chi connectivity index (χ4n) is 3.29. The lowest BCUT2D eigenvalue weighted by Crippen LogP contribution is -2.39. The van der Waals surface area contributed by atoms with Crippen LogP contribution in [0.25, 0.3) is 0 Å². The first-order chi connectivity index (χ1) is 12.2. The number of H-pyrrole nitrogens is 1. The minimum absolute atomic E-state index is 0.129. The summed E-state index contributed by atoms with van der Waals surface area (Å²) in [7, 11) is 1.60. The minimum atomic E-state index is -0.183. The van der Waals surface area contributed by atoms with E-state index in [1.165, 1.54) is 0 Å². The third-order valence-corrected chi connectivity index (χ3v) is 4.70. The molecule has 0 bridgehead atoms. The number of nitrogens with zero attached hydrogens (tertiary/aromatic N) is 3. The number of nitrogens with one attached hydrogen (secondary N) is 1. The number of rotatable bonds is 6. The molecule has 1 saturated heterocycles. The maximum Gasteiger partial charge on any atom is 0.343 e. The minimum Gasteiger partial charge on any atom is -0.384 e. The molecule has 0 unspecified atom stereocenters. The van der Waals surface area contributed by atoms with E-state index in [0.29, 0.717) is 32.7 Å². The first-order valence-corrected chi connectivity index (χ1v) is 8.64. The van der Waals surface area contributed by atoms with Crippen LogP contribution in [0.4, 0.5) is 0 Å². The highest BCUT2D eigenvalue weighted by molar-refractivity contribution is 5.76. The molecule has 0 saturated carbocycles. The third kappa shape index (κ3) is 4.17. The summed E-state index contributed by atoms with van der Waals surface area (Å²) in [5, 5.41) is 6.83. The topological polar surface area (TPSA) is 80.2 Å². The molecule has 1 fully saturated rings. The lowest BCUT2D eigenvalue weighted by atomic mass is 9.95. The Bertz CT molecular complexity index is 745. The second kappa shape index (κ2) is 8.11. The summed E-state index contributed by atoms with van der Waals surface area (Å²) in [5.41, 5.74) is 0.886. The zero-order valence-electron chi connectivity index (χ0n) is 14.5. The van der Waals surface area contributed by atoms with E-state index in [9.17, 15) is 9.59 Å². The van der Waals surface area contributed by atoms with E-state index >= 15 is 0 Å².